The molecule has 7 nitrogen and oxygen atoms in total. The van der Waals surface area contributed by atoms with Crippen molar-refractivity contribution in [1.29, 1.82) is 0 Å². The van der Waals surface area contributed by atoms with Gasteiger partial charge in [-0.15, -0.1) is 11.6 Å². The minimum absolute atomic E-state index is 0.0795. The maximum Gasteiger partial charge on any atom is 0.334 e. The highest BCUT2D eigenvalue weighted by molar-refractivity contribution is 6.22. The van der Waals surface area contributed by atoms with Crippen molar-refractivity contribution in [3.8, 4) is 0 Å². The molecular weight excluding hydrogens is 508 g/mol. The van der Waals surface area contributed by atoms with Gasteiger partial charge < -0.3 is 24.4 Å². The Kier molecular flexibility index (Phi) is 6.12. The molecule has 1 spiro atoms. The van der Waals surface area contributed by atoms with Crippen molar-refractivity contribution in [3.05, 3.63) is 23.3 Å². The lowest BCUT2D eigenvalue weighted by Crippen LogP contribution is -2.72. The van der Waals surface area contributed by atoms with Crippen LogP contribution < -0.4 is 0 Å². The first-order valence-electron chi connectivity index (χ1n) is 14.3. The smallest absolute Gasteiger partial charge is 0.334 e. The molecule has 4 fully saturated rings. The number of carbonyl (C=O) groups is 2. The molecule has 0 aromatic rings. The van der Waals surface area contributed by atoms with Gasteiger partial charge in [-0.2, -0.15) is 0 Å². The van der Waals surface area contributed by atoms with Crippen molar-refractivity contribution in [2.45, 2.75) is 108 Å². The Bertz CT molecular complexity index is 1120. The quantitative estimate of drug-likeness (QED) is 0.405. The Hall–Kier alpha value is -1.25. The number of allylic oxidation sites excluding steroid dienone is 1. The summed E-state index contributed by atoms with van der Waals surface area (Å²) >= 11 is 6.93. The molecule has 4 aliphatic carbocycles. The van der Waals surface area contributed by atoms with E-state index in [0.29, 0.717) is 31.4 Å². The van der Waals surface area contributed by atoms with E-state index in [-0.39, 0.29) is 40.8 Å². The summed E-state index contributed by atoms with van der Waals surface area (Å²) in [5.74, 6) is -0.161. The van der Waals surface area contributed by atoms with E-state index < -0.39 is 40.5 Å². The van der Waals surface area contributed by atoms with Crippen LogP contribution in [-0.2, 0) is 23.8 Å². The Labute approximate surface area is 229 Å². The number of aliphatic hydroxyl groups excluding tert-OH is 1. The fourth-order valence-electron chi connectivity index (χ4n) is 10.00. The van der Waals surface area contributed by atoms with E-state index >= 15 is 0 Å². The average molecular weight is 549 g/mol. The van der Waals surface area contributed by atoms with Crippen molar-refractivity contribution in [3.63, 3.8) is 0 Å². The van der Waals surface area contributed by atoms with Crippen LogP contribution in [0.25, 0.3) is 0 Å². The predicted octanol–water partition coefficient (Wildman–Crippen LogP) is 4.08. The van der Waals surface area contributed by atoms with Gasteiger partial charge in [-0.05, 0) is 96.6 Å². The molecule has 1 saturated heterocycles. The molecule has 0 radical (unpaired) electrons. The number of alkyl halides is 1. The van der Waals surface area contributed by atoms with Gasteiger partial charge in [-0.1, -0.05) is 5.57 Å². The van der Waals surface area contributed by atoms with E-state index in [4.69, 9.17) is 25.8 Å². The van der Waals surface area contributed by atoms with Crippen molar-refractivity contribution < 1.29 is 34.0 Å². The van der Waals surface area contributed by atoms with Crippen molar-refractivity contribution >= 4 is 23.4 Å². The fourth-order valence-corrected chi connectivity index (χ4v) is 10.6. The first kappa shape index (κ1) is 26.9. The van der Waals surface area contributed by atoms with Gasteiger partial charge >= 0.3 is 5.97 Å². The predicted molar refractivity (Wildman–Crippen MR) is 140 cm³/mol. The molecule has 0 aromatic heterocycles. The lowest BCUT2D eigenvalue weighted by molar-refractivity contribution is -0.248. The third-order valence-corrected chi connectivity index (χ3v) is 12.6. The van der Waals surface area contributed by atoms with Crippen LogP contribution in [0.3, 0.4) is 0 Å². The molecule has 12 atom stereocenters. The summed E-state index contributed by atoms with van der Waals surface area (Å²) in [6, 6.07) is 0. The van der Waals surface area contributed by atoms with Gasteiger partial charge in [0.25, 0.3) is 0 Å². The Balaban J connectivity index is 1.40. The molecule has 2 heterocycles. The number of hydrogen-bond acceptors (Lipinski definition) is 7. The second kappa shape index (κ2) is 8.62. The zero-order valence-corrected chi connectivity index (χ0v) is 23.8. The van der Waals surface area contributed by atoms with Crippen LogP contribution >= 0.6 is 11.6 Å². The summed E-state index contributed by atoms with van der Waals surface area (Å²) in [6.07, 6.45) is 5.30. The summed E-state index contributed by atoms with van der Waals surface area (Å²) in [5.41, 5.74) is -2.15. The van der Waals surface area contributed by atoms with E-state index in [9.17, 15) is 19.8 Å². The molecular formula is C30H41ClO7. The number of cyclic esters (lactones) is 1. The number of hydrogen-bond donors (Lipinski definition) is 2. The van der Waals surface area contributed by atoms with Gasteiger partial charge in [-0.3, -0.25) is 4.79 Å². The van der Waals surface area contributed by atoms with Crippen LogP contribution in [0.4, 0.5) is 0 Å². The fraction of sp³-hybridized carbons (Fsp3) is 0.800. The molecule has 6 aliphatic rings. The summed E-state index contributed by atoms with van der Waals surface area (Å²) in [5, 5.41) is 21.9. The molecule has 8 heteroatoms. The van der Waals surface area contributed by atoms with Gasteiger partial charge in [0.15, 0.2) is 12.1 Å². The van der Waals surface area contributed by atoms with E-state index in [1.165, 1.54) is 12.2 Å². The van der Waals surface area contributed by atoms with Crippen LogP contribution in [-0.4, -0.2) is 63.6 Å². The molecule has 0 aromatic carbocycles. The first-order valence-corrected chi connectivity index (χ1v) is 14.7. The second-order valence-electron chi connectivity index (χ2n) is 13.1. The normalized spacial score (nSPS) is 53.8. The standard InChI is InChI=1S/C30H41ClO7/c1-6-36-26-29-12-11-18-17(14-21(31)30(35)23(33)10-9-22(32)27(18,30)4)19(29)7-8-20(29)28(5,38-26)24-13-15(2)16(3)25(34)37-24/h9-10,17-21,23-24,26,33,35H,6-8,11-14H2,1-5H3/t17-,18+,19+,20-,21+,23+,24-,26-,27+,28-,29-,30+/m1/s1. The molecule has 2 aliphatic heterocycles. The zero-order chi connectivity index (χ0) is 27.4. The average Bonchev–Trinajstić information content (AvgIpc) is 3.38. The number of ether oxygens (including phenoxy) is 3. The van der Waals surface area contributed by atoms with Gasteiger partial charge in [0.05, 0.1) is 10.8 Å². The molecule has 3 saturated carbocycles. The minimum atomic E-state index is -1.71. The van der Waals surface area contributed by atoms with Crippen LogP contribution in [0.15, 0.2) is 23.3 Å². The highest BCUT2D eigenvalue weighted by Crippen LogP contribution is 2.73. The molecule has 0 unspecified atom stereocenters. The van der Waals surface area contributed by atoms with Crippen molar-refractivity contribution in [2.24, 2.45) is 34.5 Å². The third kappa shape index (κ3) is 3.06. The van der Waals surface area contributed by atoms with Crippen molar-refractivity contribution in [1.82, 2.24) is 0 Å². The van der Waals surface area contributed by atoms with Gasteiger partial charge in [-0.25, -0.2) is 4.79 Å². The molecule has 0 bridgehead atoms. The largest absolute Gasteiger partial charge is 0.456 e. The topological polar surface area (TPSA) is 102 Å². The Morgan fingerprint density at radius 2 is 1.89 bits per heavy atom. The first-order chi connectivity index (χ1) is 17.9. The lowest BCUT2D eigenvalue weighted by atomic mass is 9.42. The number of esters is 1. The SMILES string of the molecule is CCO[C@@H]1O[C@@](C)([C@H]2CC(C)=C(C)C(=O)O2)[C@H]2CC[C@H]3[C@@H]4C[C@H](Cl)[C@]5(O)[C@@H](O)C=CC(=O)[C@]5(C)[C@H]4CC[C@]123. The van der Waals surface area contributed by atoms with Gasteiger partial charge in [0.1, 0.15) is 23.4 Å². The number of ketones is 1. The number of halogens is 1. The Morgan fingerprint density at radius 3 is 2.58 bits per heavy atom. The summed E-state index contributed by atoms with van der Waals surface area (Å²) in [7, 11) is 0. The summed E-state index contributed by atoms with van der Waals surface area (Å²) in [4.78, 5) is 26.2. The van der Waals surface area contributed by atoms with E-state index in [1.807, 2.05) is 27.7 Å². The number of fused-ring (bicyclic) bond motifs is 4. The lowest BCUT2D eigenvalue weighted by Gasteiger charge is -2.63. The Morgan fingerprint density at radius 1 is 1.16 bits per heavy atom. The van der Waals surface area contributed by atoms with E-state index in [0.717, 1.165) is 24.8 Å². The highest BCUT2D eigenvalue weighted by atomic mass is 35.5. The molecule has 0 amide bonds. The van der Waals surface area contributed by atoms with Gasteiger partial charge in [0.2, 0.25) is 0 Å². The van der Waals surface area contributed by atoms with Crippen LogP contribution in [0, 0.1) is 34.5 Å². The van der Waals surface area contributed by atoms with E-state index in [2.05, 4.69) is 6.92 Å². The molecule has 6 rings (SSSR count). The summed E-state index contributed by atoms with van der Waals surface area (Å²) < 4.78 is 19.2. The van der Waals surface area contributed by atoms with Crippen molar-refractivity contribution in [2.75, 3.05) is 6.61 Å². The number of aliphatic hydroxyl groups is 2. The monoisotopic (exact) mass is 548 g/mol. The minimum Gasteiger partial charge on any atom is -0.456 e. The van der Waals surface area contributed by atoms with E-state index in [1.54, 1.807) is 0 Å². The molecule has 38 heavy (non-hydrogen) atoms. The second-order valence-corrected chi connectivity index (χ2v) is 13.7. The highest BCUT2D eigenvalue weighted by Gasteiger charge is 2.76. The molecule has 2 N–H and O–H groups in total. The van der Waals surface area contributed by atoms with Crippen LogP contribution in [0.5, 0.6) is 0 Å². The molecule has 210 valence electrons. The number of carbonyl (C=O) groups excluding carboxylic acids is 2. The number of rotatable bonds is 3. The summed E-state index contributed by atoms with van der Waals surface area (Å²) in [6.45, 7) is 10.2. The zero-order valence-electron chi connectivity index (χ0n) is 23.0. The maximum absolute atomic E-state index is 13.5. The van der Waals surface area contributed by atoms with Crippen LogP contribution in [0.1, 0.15) is 73.1 Å². The van der Waals surface area contributed by atoms with Crippen LogP contribution in [0.2, 0.25) is 0 Å². The van der Waals surface area contributed by atoms with Gasteiger partial charge in [0, 0.05) is 29.9 Å². The third-order valence-electron chi connectivity index (χ3n) is 12.1. The maximum atomic E-state index is 13.5.